The Morgan fingerprint density at radius 1 is 0.521 bits per heavy atom. The Morgan fingerprint density at radius 2 is 0.875 bits per heavy atom. The molecule has 0 unspecified atom stereocenters. The average molecular weight is 1290 g/mol. The highest BCUT2D eigenvalue weighted by atomic mass is 16.6. The molecule has 12 aromatic rings. The zero-order valence-electron chi connectivity index (χ0n) is 55.8. The van der Waals surface area contributed by atoms with E-state index < -0.39 is 6.03 Å². The number of carbonyl (C=O) groups excluding carboxylic acids is 3. The van der Waals surface area contributed by atoms with Gasteiger partial charge in [0.1, 0.15) is 7.11 Å². The highest BCUT2D eigenvalue weighted by Crippen LogP contribution is 2.31. The third-order valence-electron chi connectivity index (χ3n) is 16.2. The minimum absolute atomic E-state index is 0. The van der Waals surface area contributed by atoms with Crippen LogP contribution in [0.5, 0.6) is 0 Å². The van der Waals surface area contributed by atoms with E-state index in [0.717, 1.165) is 91.7 Å². The van der Waals surface area contributed by atoms with Gasteiger partial charge in [0, 0.05) is 197 Å². The number of aromatic amines is 2. The number of nitrogens with zero attached hydrogens (tertiary/aromatic N) is 12. The fourth-order valence-corrected chi connectivity index (χ4v) is 10.9. The molecule has 494 valence electrons. The summed E-state index contributed by atoms with van der Waals surface area (Å²) in [6, 6.07) is 23.2. The van der Waals surface area contributed by atoms with Crippen LogP contribution in [0.3, 0.4) is 0 Å². The summed E-state index contributed by atoms with van der Waals surface area (Å²) in [5.41, 5.74) is 32.2. The first-order valence-electron chi connectivity index (χ1n) is 30.5. The highest BCUT2D eigenvalue weighted by molar-refractivity contribution is 5.85. The van der Waals surface area contributed by atoms with Crippen LogP contribution in [-0.2, 0) is 52.5 Å². The van der Waals surface area contributed by atoms with Crippen molar-refractivity contribution in [3.8, 4) is 73.0 Å². The molecule has 0 aliphatic carbocycles. The number of H-pyrrole nitrogens is 2. The van der Waals surface area contributed by atoms with Crippen LogP contribution in [0.1, 0.15) is 91.5 Å². The number of hydrogen-bond acceptors (Lipinski definition) is 13. The lowest BCUT2D eigenvalue weighted by molar-refractivity contribution is 0.111. The minimum atomic E-state index is -0.512. The molecule has 12 rings (SSSR count). The monoisotopic (exact) mass is 1290 g/mol. The average Bonchev–Trinajstić information content (AvgIpc) is 1.71. The number of oxime groups is 1. The number of urea groups is 1. The smallest absolute Gasteiger partial charge is 0.328 e. The Hall–Kier alpha value is -11.9. The van der Waals surface area contributed by atoms with Gasteiger partial charge >= 0.3 is 6.03 Å². The molecule has 0 saturated carbocycles. The van der Waals surface area contributed by atoms with E-state index in [4.69, 9.17) is 15.8 Å². The Labute approximate surface area is 561 Å². The highest BCUT2D eigenvalue weighted by Gasteiger charge is 2.15. The second kappa shape index (κ2) is 36.4. The molecule has 0 fully saturated rings. The Bertz CT molecular complexity index is 4380. The lowest BCUT2D eigenvalue weighted by Gasteiger charge is -2.04. The molecule has 6 N–H and O–H groups in total. The van der Waals surface area contributed by atoms with Crippen molar-refractivity contribution in [3.63, 3.8) is 0 Å². The van der Waals surface area contributed by atoms with E-state index in [-0.39, 0.29) is 7.43 Å². The summed E-state index contributed by atoms with van der Waals surface area (Å²) in [5.74, 6) is 0. The number of aromatic nitrogens is 12. The molecule has 0 aromatic carbocycles. The van der Waals surface area contributed by atoms with Crippen LogP contribution in [0.15, 0.2) is 189 Å². The summed E-state index contributed by atoms with van der Waals surface area (Å²) < 4.78 is 8.18. The van der Waals surface area contributed by atoms with Crippen molar-refractivity contribution in [1.29, 1.82) is 5.26 Å². The normalized spacial score (nSPS) is 10.2. The zero-order valence-corrected chi connectivity index (χ0v) is 55.8. The number of pyridine rings is 6. The third kappa shape index (κ3) is 18.7. The molecule has 2 amide bonds. The number of nitriles is 1. The van der Waals surface area contributed by atoms with Gasteiger partial charge in [0.05, 0.1) is 29.8 Å². The van der Waals surface area contributed by atoms with E-state index in [1.807, 2.05) is 160 Å². The Balaban J connectivity index is 0.000000182. The van der Waals surface area contributed by atoms with Crippen molar-refractivity contribution in [3.05, 3.63) is 252 Å². The second-order valence-corrected chi connectivity index (χ2v) is 21.9. The maximum absolute atomic E-state index is 11.1. The molecular weight excluding hydrogens is 1200 g/mol. The standard InChI is InChI=1S/C13H13N5O.C13H15N3O.C13H16N2.C12H15N3.C12H12N2O.C11H10N2O.CH4/c1-9-11(10-2-4-15-5-3-10)6-16-12(9)7-17-13(19)18-8-14;1-10-12(11-4-6-14-7-5-11)9-16(2)13(10)8-15-17-3;1-4-13-10(2)12(9-15(13)3)11-5-7-14-8-6-11;1-9-11(8-15(2)12(9)7-13)10-3-5-14-6-4-10;1-9-11(7-14(2)12(9)8-15)10-3-5-13-6-4-10;1-8-10(6-13-11(8)7-14)9-2-4-12-5-3-9;/h2-6,16H,7H2,1H3,(H2,17,18,19);4-9H,1-3H3;5-9H,4H2,1-3H3;3-6,8H,7,13H2,1-2H3;3-8H,1-2H3;2-7,13H,1H3;1H4/b;15-8+;;;;;. The van der Waals surface area contributed by atoms with Crippen LogP contribution < -0.4 is 16.4 Å². The van der Waals surface area contributed by atoms with Crippen LogP contribution in [0, 0.1) is 53.0 Å². The lowest BCUT2D eigenvalue weighted by atomic mass is 10.0. The summed E-state index contributed by atoms with van der Waals surface area (Å²) in [6.07, 6.45) is 39.5. The van der Waals surface area contributed by atoms with Crippen LogP contribution >= 0.6 is 0 Å². The van der Waals surface area contributed by atoms with Crippen molar-refractivity contribution < 1.29 is 19.2 Å². The zero-order chi connectivity index (χ0) is 68.4. The van der Waals surface area contributed by atoms with E-state index >= 15 is 0 Å². The molecule has 0 aliphatic heterocycles. The van der Waals surface area contributed by atoms with Gasteiger partial charge in [-0.25, -0.2) is 10.1 Å². The summed E-state index contributed by atoms with van der Waals surface area (Å²) in [6.45, 7) is 15.3. The first kappa shape index (κ1) is 73.2. The van der Waals surface area contributed by atoms with Gasteiger partial charge in [0.2, 0.25) is 0 Å². The molecule has 12 heterocycles. The number of hydrogen-bond donors (Lipinski definition) is 5. The lowest BCUT2D eigenvalue weighted by Crippen LogP contribution is -2.32. The van der Waals surface area contributed by atoms with Gasteiger partial charge < -0.3 is 44.1 Å². The fourth-order valence-electron chi connectivity index (χ4n) is 10.9. The number of rotatable bonds is 14. The van der Waals surface area contributed by atoms with Gasteiger partial charge in [-0.15, -0.1) is 0 Å². The molecule has 21 heteroatoms. The number of aldehydes is 2. The first-order valence-corrected chi connectivity index (χ1v) is 30.5. The second-order valence-electron chi connectivity index (χ2n) is 21.9. The van der Waals surface area contributed by atoms with Gasteiger partial charge in [0.25, 0.3) is 0 Å². The molecule has 0 spiro atoms. The molecule has 0 bridgehead atoms. The summed E-state index contributed by atoms with van der Waals surface area (Å²) in [5, 5.41) is 16.7. The van der Waals surface area contributed by atoms with Gasteiger partial charge in [-0.05, 0) is 188 Å². The first-order chi connectivity index (χ1) is 46.0. The molecule has 0 radical (unpaired) electrons. The van der Waals surface area contributed by atoms with Gasteiger partial charge in [0.15, 0.2) is 18.8 Å². The third-order valence-corrected chi connectivity index (χ3v) is 16.2. The SMILES string of the molecule is C.CCc1c(C)c(-c2ccncc2)cn1C.CO/N=C/c1c(C)c(-c2ccncc2)cn1C.Cc1c(-c2ccncc2)c[nH]c1C=O.Cc1c(-c2ccncc2)c[nH]c1CNC(=O)NC#N.Cc1c(-c2ccncc2)cn(C)c1C=O.Cc1c(-c2ccncc2)cn(C)c1CN. The van der Waals surface area contributed by atoms with Gasteiger partial charge in [-0.3, -0.25) is 39.5 Å². The van der Waals surface area contributed by atoms with Crippen LogP contribution in [0.25, 0.3) is 66.8 Å². The largest absolute Gasteiger partial charge is 0.399 e. The summed E-state index contributed by atoms with van der Waals surface area (Å²) in [7, 11) is 9.55. The predicted molar refractivity (Wildman–Crippen MR) is 381 cm³/mol. The Kier molecular flexibility index (Phi) is 27.7. The van der Waals surface area contributed by atoms with Crippen molar-refractivity contribution in [2.45, 2.75) is 75.4 Å². The van der Waals surface area contributed by atoms with Crippen molar-refractivity contribution in [1.82, 2.24) is 68.8 Å². The van der Waals surface area contributed by atoms with Crippen molar-refractivity contribution in [2.24, 2.45) is 39.1 Å². The quantitative estimate of drug-likeness (QED) is 0.0223. The molecular formula is C75H85N17O4. The van der Waals surface area contributed by atoms with E-state index in [9.17, 15) is 14.4 Å². The van der Waals surface area contributed by atoms with Crippen LogP contribution in [0.4, 0.5) is 4.79 Å². The fraction of sp³-hybridized carbons (Fsp3) is 0.213. The number of amides is 2. The summed E-state index contributed by atoms with van der Waals surface area (Å²) in [4.78, 5) is 67.4. The maximum Gasteiger partial charge on any atom is 0.328 e. The van der Waals surface area contributed by atoms with Crippen LogP contribution in [-0.4, -0.2) is 90.1 Å². The molecule has 21 nitrogen and oxygen atoms in total. The molecule has 96 heavy (non-hydrogen) atoms. The predicted octanol–water partition coefficient (Wildman–Crippen LogP) is 13.9. The topological polar surface area (TPSA) is 275 Å². The van der Waals surface area contributed by atoms with E-state index in [1.165, 1.54) is 55.9 Å². The number of nitrogens with one attached hydrogen (secondary N) is 4. The molecule has 0 saturated heterocycles. The number of carbonyl (C=O) groups is 3. The maximum atomic E-state index is 11.1. The van der Waals surface area contributed by atoms with Crippen LogP contribution in [0.2, 0.25) is 0 Å². The van der Waals surface area contributed by atoms with E-state index in [0.29, 0.717) is 18.8 Å². The molecule has 12 aromatic heterocycles. The van der Waals surface area contributed by atoms with Gasteiger partial charge in [-0.2, -0.15) is 5.26 Å². The van der Waals surface area contributed by atoms with Crippen molar-refractivity contribution in [2.75, 3.05) is 7.11 Å². The van der Waals surface area contributed by atoms with Crippen molar-refractivity contribution >= 4 is 24.8 Å². The Morgan fingerprint density at radius 3 is 1.22 bits per heavy atom. The van der Waals surface area contributed by atoms with E-state index in [2.05, 4.69) is 125 Å². The number of nitrogens with two attached hydrogens (primary N) is 1. The summed E-state index contributed by atoms with van der Waals surface area (Å²) >= 11 is 0. The molecule has 0 atom stereocenters. The molecule has 0 aliphatic rings. The van der Waals surface area contributed by atoms with Gasteiger partial charge in [-0.1, -0.05) is 19.5 Å². The number of aryl methyl sites for hydroxylation is 4. The van der Waals surface area contributed by atoms with E-state index in [1.54, 1.807) is 69.1 Å². The minimum Gasteiger partial charge on any atom is -0.399 e.